The van der Waals surface area contributed by atoms with E-state index in [4.69, 9.17) is 15.2 Å². The molecule has 0 bridgehead atoms. The average molecular weight is 410 g/mol. The van der Waals surface area contributed by atoms with Crippen molar-refractivity contribution >= 4 is 28.8 Å². The van der Waals surface area contributed by atoms with Crippen molar-refractivity contribution in [3.8, 4) is 0 Å². The molecule has 3 rings (SSSR count). The number of carbonyl (C=O) groups is 2. The van der Waals surface area contributed by atoms with Gasteiger partial charge in [0, 0.05) is 23.8 Å². The molecular weight excluding hydrogens is 384 g/mol. The predicted octanol–water partition coefficient (Wildman–Crippen LogP) is 3.87. The lowest BCUT2D eigenvalue weighted by Crippen LogP contribution is -2.36. The first-order valence-corrected chi connectivity index (χ1v) is 9.53. The third-order valence-electron chi connectivity index (χ3n) is 4.28. The standard InChI is InChI=1S/C22H26N4O4/c1-22(2,3)30-21(28)26(12-14-6-5-7-17(23)9-14)13-15-8-16-10-18(20(27)29-4)25-19(16)24-11-15/h5-11H,12-13,23H2,1-4H3,(H,24,25). The van der Waals surface area contributed by atoms with Gasteiger partial charge in [0.05, 0.1) is 13.7 Å². The van der Waals surface area contributed by atoms with Crippen LogP contribution in [-0.2, 0) is 22.6 Å². The summed E-state index contributed by atoms with van der Waals surface area (Å²) >= 11 is 0. The van der Waals surface area contributed by atoms with Gasteiger partial charge in [-0.05, 0) is 56.2 Å². The Kier molecular flexibility index (Phi) is 5.96. The molecule has 3 aromatic rings. The van der Waals surface area contributed by atoms with E-state index in [0.717, 1.165) is 16.5 Å². The number of H-pyrrole nitrogens is 1. The summed E-state index contributed by atoms with van der Waals surface area (Å²) in [5.41, 5.74) is 8.47. The summed E-state index contributed by atoms with van der Waals surface area (Å²) in [6.07, 6.45) is 1.23. The van der Waals surface area contributed by atoms with Crippen LogP contribution in [0.4, 0.5) is 10.5 Å². The number of amides is 1. The summed E-state index contributed by atoms with van der Waals surface area (Å²) in [4.78, 5) is 33.5. The second-order valence-corrected chi connectivity index (χ2v) is 8.04. The van der Waals surface area contributed by atoms with Crippen LogP contribution in [0, 0.1) is 0 Å². The SMILES string of the molecule is COC(=O)c1cc2cc(CN(Cc3cccc(N)c3)C(=O)OC(C)(C)C)cnc2[nH]1. The van der Waals surface area contributed by atoms with E-state index in [2.05, 4.69) is 9.97 Å². The number of aromatic nitrogens is 2. The topological polar surface area (TPSA) is 111 Å². The normalized spacial score (nSPS) is 11.3. The van der Waals surface area contributed by atoms with Gasteiger partial charge in [-0.15, -0.1) is 0 Å². The van der Waals surface area contributed by atoms with Crippen LogP contribution < -0.4 is 5.73 Å². The largest absolute Gasteiger partial charge is 0.464 e. The summed E-state index contributed by atoms with van der Waals surface area (Å²) in [5.74, 6) is -0.466. The number of aromatic amines is 1. The van der Waals surface area contributed by atoms with E-state index in [-0.39, 0.29) is 6.54 Å². The molecule has 0 aliphatic rings. The van der Waals surface area contributed by atoms with Crippen molar-refractivity contribution in [1.29, 1.82) is 0 Å². The van der Waals surface area contributed by atoms with Gasteiger partial charge in [-0.2, -0.15) is 0 Å². The molecule has 2 heterocycles. The van der Waals surface area contributed by atoms with E-state index in [1.54, 1.807) is 23.2 Å². The number of anilines is 1. The molecule has 0 saturated heterocycles. The molecule has 1 aromatic carbocycles. The highest BCUT2D eigenvalue weighted by Gasteiger charge is 2.23. The van der Waals surface area contributed by atoms with Gasteiger partial charge in [0.25, 0.3) is 0 Å². The van der Waals surface area contributed by atoms with Gasteiger partial charge >= 0.3 is 12.1 Å². The Morgan fingerprint density at radius 2 is 1.87 bits per heavy atom. The second-order valence-electron chi connectivity index (χ2n) is 8.04. The average Bonchev–Trinajstić information content (AvgIpc) is 3.09. The molecule has 1 amide bonds. The maximum absolute atomic E-state index is 12.8. The Hall–Kier alpha value is -3.55. The number of benzene rings is 1. The highest BCUT2D eigenvalue weighted by Crippen LogP contribution is 2.20. The number of carbonyl (C=O) groups excluding carboxylic acids is 2. The maximum atomic E-state index is 12.8. The summed E-state index contributed by atoms with van der Waals surface area (Å²) in [6, 6.07) is 10.9. The number of pyridine rings is 1. The number of esters is 1. The molecule has 0 radical (unpaired) electrons. The van der Waals surface area contributed by atoms with Gasteiger partial charge in [-0.1, -0.05) is 12.1 Å². The molecule has 0 atom stereocenters. The fourth-order valence-corrected chi connectivity index (χ4v) is 3.01. The number of nitrogens with two attached hydrogens (primary N) is 1. The van der Waals surface area contributed by atoms with E-state index >= 15 is 0 Å². The van der Waals surface area contributed by atoms with Crippen molar-refractivity contribution in [3.63, 3.8) is 0 Å². The minimum atomic E-state index is -0.622. The van der Waals surface area contributed by atoms with E-state index in [0.29, 0.717) is 23.6 Å². The molecule has 2 aromatic heterocycles. The van der Waals surface area contributed by atoms with Crippen LogP contribution in [0.2, 0.25) is 0 Å². The highest BCUT2D eigenvalue weighted by atomic mass is 16.6. The third kappa shape index (κ3) is 5.28. The van der Waals surface area contributed by atoms with Crippen molar-refractivity contribution < 1.29 is 19.1 Å². The van der Waals surface area contributed by atoms with Crippen LogP contribution in [0.15, 0.2) is 42.6 Å². The van der Waals surface area contributed by atoms with Crippen molar-refractivity contribution in [2.45, 2.75) is 39.5 Å². The van der Waals surface area contributed by atoms with Crippen molar-refractivity contribution in [1.82, 2.24) is 14.9 Å². The smallest absolute Gasteiger partial charge is 0.410 e. The number of nitrogens with one attached hydrogen (secondary N) is 1. The van der Waals surface area contributed by atoms with Crippen molar-refractivity contribution in [2.24, 2.45) is 0 Å². The van der Waals surface area contributed by atoms with Crippen LogP contribution >= 0.6 is 0 Å². The quantitative estimate of drug-likeness (QED) is 0.488. The zero-order chi connectivity index (χ0) is 21.9. The highest BCUT2D eigenvalue weighted by molar-refractivity contribution is 5.93. The fourth-order valence-electron chi connectivity index (χ4n) is 3.01. The van der Waals surface area contributed by atoms with Gasteiger partial charge in [-0.25, -0.2) is 14.6 Å². The summed E-state index contributed by atoms with van der Waals surface area (Å²) < 4.78 is 10.3. The third-order valence-corrected chi connectivity index (χ3v) is 4.28. The molecule has 30 heavy (non-hydrogen) atoms. The van der Waals surface area contributed by atoms with E-state index in [1.807, 2.05) is 45.0 Å². The van der Waals surface area contributed by atoms with E-state index in [9.17, 15) is 9.59 Å². The Morgan fingerprint density at radius 1 is 1.13 bits per heavy atom. The van der Waals surface area contributed by atoms with Crippen LogP contribution in [-0.4, -0.2) is 39.6 Å². The van der Waals surface area contributed by atoms with E-state index in [1.165, 1.54) is 7.11 Å². The molecule has 0 aliphatic carbocycles. The van der Waals surface area contributed by atoms with Crippen molar-refractivity contribution in [2.75, 3.05) is 12.8 Å². The molecule has 0 aliphatic heterocycles. The Labute approximate surface area is 175 Å². The number of hydrogen-bond acceptors (Lipinski definition) is 6. The van der Waals surface area contributed by atoms with Crippen LogP contribution in [0.3, 0.4) is 0 Å². The molecule has 8 heteroatoms. The Bertz CT molecular complexity index is 1070. The Morgan fingerprint density at radius 3 is 2.53 bits per heavy atom. The van der Waals surface area contributed by atoms with Crippen molar-refractivity contribution in [3.05, 3.63) is 59.4 Å². The summed E-state index contributed by atoms with van der Waals surface area (Å²) in [5, 5.41) is 0.751. The van der Waals surface area contributed by atoms with E-state index < -0.39 is 17.7 Å². The molecule has 0 saturated carbocycles. The number of ether oxygens (including phenoxy) is 2. The minimum absolute atomic E-state index is 0.283. The second kappa shape index (κ2) is 8.44. The summed E-state index contributed by atoms with van der Waals surface area (Å²) in [6.45, 7) is 6.09. The van der Waals surface area contributed by atoms with Crippen LogP contribution in [0.5, 0.6) is 0 Å². The molecule has 8 nitrogen and oxygen atoms in total. The lowest BCUT2D eigenvalue weighted by atomic mass is 10.1. The fraction of sp³-hybridized carbons (Fsp3) is 0.318. The zero-order valence-electron chi connectivity index (χ0n) is 17.6. The Balaban J connectivity index is 1.87. The molecule has 158 valence electrons. The van der Waals surface area contributed by atoms with Gasteiger partial charge in [0.1, 0.15) is 16.9 Å². The molecular formula is C22H26N4O4. The van der Waals surface area contributed by atoms with Crippen LogP contribution in [0.25, 0.3) is 11.0 Å². The number of fused-ring (bicyclic) bond motifs is 1. The van der Waals surface area contributed by atoms with Gasteiger partial charge in [0.2, 0.25) is 0 Å². The first kappa shape index (κ1) is 21.2. The monoisotopic (exact) mass is 410 g/mol. The number of methoxy groups -OCH3 is 1. The maximum Gasteiger partial charge on any atom is 0.410 e. The first-order valence-electron chi connectivity index (χ1n) is 9.53. The van der Waals surface area contributed by atoms with Gasteiger partial charge < -0.3 is 20.2 Å². The van der Waals surface area contributed by atoms with Gasteiger partial charge in [0.15, 0.2) is 0 Å². The lowest BCUT2D eigenvalue weighted by Gasteiger charge is -2.27. The number of hydrogen-bond donors (Lipinski definition) is 2. The first-order chi connectivity index (χ1) is 14.1. The predicted molar refractivity (Wildman–Crippen MR) is 114 cm³/mol. The van der Waals surface area contributed by atoms with Gasteiger partial charge in [-0.3, -0.25) is 4.90 Å². The number of rotatable bonds is 5. The number of nitrogen functional groups attached to an aromatic ring is 1. The molecule has 0 fully saturated rings. The molecule has 0 spiro atoms. The minimum Gasteiger partial charge on any atom is -0.464 e. The summed E-state index contributed by atoms with van der Waals surface area (Å²) in [7, 11) is 1.32. The zero-order valence-corrected chi connectivity index (χ0v) is 17.6. The van der Waals surface area contributed by atoms with Crippen LogP contribution in [0.1, 0.15) is 42.4 Å². The molecule has 3 N–H and O–H groups in total. The number of nitrogens with zero attached hydrogens (tertiary/aromatic N) is 2. The molecule has 0 unspecified atom stereocenters. The lowest BCUT2D eigenvalue weighted by molar-refractivity contribution is 0.0216.